The number of thioether (sulfide) groups is 8. The molecule has 0 unspecified atom stereocenters. The number of hydrogen-bond donors (Lipinski definition) is 0. The molecule has 0 amide bonds. The van der Waals surface area contributed by atoms with Crippen molar-refractivity contribution in [3.05, 3.63) is 234 Å². The average Bonchev–Trinajstić information content (AvgIpc) is 4.26. The second kappa shape index (κ2) is 25.5. The Labute approximate surface area is 512 Å². The Hall–Kier alpha value is -0.821. The topological polar surface area (TPSA) is 0 Å². The van der Waals surface area contributed by atoms with E-state index >= 15 is 0 Å². The molecule has 0 saturated heterocycles. The first-order chi connectivity index (χ1) is 35.3. The number of allylic oxidation sites excluding steroid dienone is 1. The van der Waals surface area contributed by atoms with Crippen LogP contribution < -0.4 is 3.58 Å². The van der Waals surface area contributed by atoms with Crippen molar-refractivity contribution in [2.45, 2.75) is 35.6 Å². The second-order valence-electron chi connectivity index (χ2n) is 17.6. The molecule has 0 nitrogen and oxygen atoms in total. The SMILES string of the molecule is CC1=C(c2ccccc2)S/C(=C2/SC(c3ccccc3)=C(c3ccc(-c4ccc(C)s4)s3)S2)S1.Cc1ccc(-c2c[c]([Sn]([CH3])([CH3])[CH3])cs2)s1.IC1=C(c2ccccc2)S/C(=C2\SC(I)=C(c3ccccc3)S2)S1. The van der Waals surface area contributed by atoms with Crippen LogP contribution in [0.1, 0.15) is 43.8 Å². The van der Waals surface area contributed by atoms with Gasteiger partial charge in [0, 0.05) is 48.9 Å². The van der Waals surface area contributed by atoms with Crippen LogP contribution in [0.25, 0.3) is 44.0 Å². The van der Waals surface area contributed by atoms with Crippen LogP contribution in [-0.2, 0) is 0 Å². The molecule has 73 heavy (non-hydrogen) atoms. The molecule has 4 aromatic heterocycles. The average molecular weight is 1500 g/mol. The molecule has 0 radical (unpaired) electrons. The third-order valence-electron chi connectivity index (χ3n) is 11.2. The molecule has 12 rings (SSSR count). The Bertz CT molecular complexity index is 3400. The van der Waals surface area contributed by atoms with Gasteiger partial charge in [0.2, 0.25) is 0 Å². The number of benzene rings is 4. The summed E-state index contributed by atoms with van der Waals surface area (Å²) in [5.74, 6) is 0. The van der Waals surface area contributed by atoms with Gasteiger partial charge in [-0.2, -0.15) is 0 Å². The van der Waals surface area contributed by atoms with Crippen LogP contribution in [0, 0.1) is 13.8 Å². The van der Waals surface area contributed by atoms with Gasteiger partial charge < -0.3 is 0 Å². The van der Waals surface area contributed by atoms with Crippen molar-refractivity contribution in [2.24, 2.45) is 0 Å². The van der Waals surface area contributed by atoms with E-state index in [0.717, 1.165) is 0 Å². The van der Waals surface area contributed by atoms with Crippen molar-refractivity contribution in [2.75, 3.05) is 0 Å². The predicted molar refractivity (Wildman–Crippen MR) is 370 cm³/mol. The first-order valence-electron chi connectivity index (χ1n) is 23.0. The molecule has 368 valence electrons. The van der Waals surface area contributed by atoms with Crippen molar-refractivity contribution in [3.8, 4) is 19.5 Å². The van der Waals surface area contributed by atoms with Gasteiger partial charge in [0.05, 0.1) is 22.8 Å². The Morgan fingerprint density at radius 3 is 1.18 bits per heavy atom. The van der Waals surface area contributed by atoms with Gasteiger partial charge in [-0.3, -0.25) is 0 Å². The number of aryl methyl sites for hydroxylation is 2. The maximum Gasteiger partial charge on any atom is 0.0711 e. The minimum absolute atomic E-state index is 1.30. The van der Waals surface area contributed by atoms with Gasteiger partial charge in [-0.25, -0.2) is 0 Å². The summed E-state index contributed by atoms with van der Waals surface area (Å²) >= 11 is 26.1. The van der Waals surface area contributed by atoms with Gasteiger partial charge >= 0.3 is 105 Å². The molecule has 8 heterocycles. The van der Waals surface area contributed by atoms with Crippen LogP contribution >= 0.6 is 185 Å². The molecule has 0 bridgehead atoms. The van der Waals surface area contributed by atoms with Gasteiger partial charge in [0.15, 0.2) is 0 Å². The molecular formula is C58H46I2S12Sn. The summed E-state index contributed by atoms with van der Waals surface area (Å²) in [7, 11) is 0. The Kier molecular flexibility index (Phi) is 19.4. The molecule has 0 fully saturated rings. The fraction of sp³-hybridized carbons (Fsp3) is 0.103. The predicted octanol–water partition coefficient (Wildman–Crippen LogP) is 24.0. The Morgan fingerprint density at radius 1 is 0.342 bits per heavy atom. The summed E-state index contributed by atoms with van der Waals surface area (Å²) in [5, 5.41) is 2.38. The Balaban J connectivity index is 0.000000136. The van der Waals surface area contributed by atoms with Crippen molar-refractivity contribution < 1.29 is 0 Å². The van der Waals surface area contributed by atoms with E-state index in [1.165, 1.54) is 109 Å². The summed E-state index contributed by atoms with van der Waals surface area (Å²) in [4.78, 5) is 25.4. The van der Waals surface area contributed by atoms with Crippen LogP contribution in [-0.4, -0.2) is 18.4 Å². The molecule has 0 saturated carbocycles. The molecule has 0 atom stereocenters. The van der Waals surface area contributed by atoms with E-state index in [0.29, 0.717) is 0 Å². The van der Waals surface area contributed by atoms with Gasteiger partial charge in [-0.1, -0.05) is 215 Å². The second-order valence-corrected chi connectivity index (χ2v) is 49.7. The number of hydrogen-bond acceptors (Lipinski definition) is 12. The summed E-state index contributed by atoms with van der Waals surface area (Å²) in [6.45, 7) is 6.60. The Morgan fingerprint density at radius 2 is 0.712 bits per heavy atom. The first-order valence-corrected chi connectivity index (χ1v) is 45.1. The molecule has 0 N–H and O–H groups in total. The van der Waals surface area contributed by atoms with E-state index < -0.39 is 18.4 Å². The summed E-state index contributed by atoms with van der Waals surface area (Å²) < 4.78 is 10.0. The zero-order chi connectivity index (χ0) is 50.6. The maximum absolute atomic E-state index is 2.47. The fourth-order valence-corrected chi connectivity index (χ4v) is 31.3. The van der Waals surface area contributed by atoms with Gasteiger partial charge in [0.1, 0.15) is 0 Å². The van der Waals surface area contributed by atoms with Crippen LogP contribution in [0.5, 0.6) is 0 Å². The van der Waals surface area contributed by atoms with Crippen molar-refractivity contribution in [3.63, 3.8) is 0 Å². The van der Waals surface area contributed by atoms with E-state index in [2.05, 4.69) is 250 Å². The van der Waals surface area contributed by atoms with E-state index in [4.69, 9.17) is 0 Å². The maximum atomic E-state index is 2.47. The minimum atomic E-state index is -1.83. The van der Waals surface area contributed by atoms with Gasteiger partial charge in [-0.05, 0) is 106 Å². The number of rotatable bonds is 8. The minimum Gasteiger partial charge on any atom is -0.0786 e. The van der Waals surface area contributed by atoms with Crippen molar-refractivity contribution >= 4 is 231 Å². The van der Waals surface area contributed by atoms with Gasteiger partial charge in [0.25, 0.3) is 0 Å². The third-order valence-corrected chi connectivity index (χ3v) is 36.5. The third kappa shape index (κ3) is 13.8. The zero-order valence-corrected chi connectivity index (χ0v) is 57.3. The smallest absolute Gasteiger partial charge is 0.0711 e. The largest absolute Gasteiger partial charge is 0.0786 e. The quantitative estimate of drug-likeness (QED) is 0.108. The van der Waals surface area contributed by atoms with Crippen LogP contribution in [0.4, 0.5) is 0 Å². The van der Waals surface area contributed by atoms with Crippen molar-refractivity contribution in [1.29, 1.82) is 0 Å². The van der Waals surface area contributed by atoms with E-state index in [9.17, 15) is 0 Å². The monoisotopic (exact) mass is 1500 g/mol. The molecule has 4 aliphatic rings. The number of halogens is 2. The van der Waals surface area contributed by atoms with Crippen molar-refractivity contribution in [1.82, 2.24) is 0 Å². The fourth-order valence-electron chi connectivity index (χ4n) is 7.47. The summed E-state index contributed by atoms with van der Waals surface area (Å²) in [5.41, 5.74) is 5.24. The molecule has 4 aliphatic heterocycles. The first kappa shape index (κ1) is 55.5. The van der Waals surface area contributed by atoms with Crippen LogP contribution in [0.2, 0.25) is 14.8 Å². The molecular weight excluding hydrogens is 1450 g/mol. The van der Waals surface area contributed by atoms with Crippen LogP contribution in [0.15, 0.2) is 197 Å². The molecule has 8 aromatic rings. The normalized spacial score (nSPS) is 18.0. The molecule has 0 spiro atoms. The molecule has 0 aliphatic carbocycles. The number of thiophene rings is 4. The zero-order valence-electron chi connectivity index (χ0n) is 40.3. The van der Waals surface area contributed by atoms with E-state index in [-0.39, 0.29) is 0 Å². The molecule has 4 aromatic carbocycles. The van der Waals surface area contributed by atoms with Crippen LogP contribution in [0.3, 0.4) is 0 Å². The summed E-state index contributed by atoms with van der Waals surface area (Å²) in [6.07, 6.45) is 0. The molecule has 15 heteroatoms. The van der Waals surface area contributed by atoms with E-state index in [1.54, 1.807) is 3.58 Å². The van der Waals surface area contributed by atoms with Gasteiger partial charge in [-0.15, -0.1) is 22.7 Å². The standard InChI is InChI=1S/C28H20S6.C18H10I2S4.C9H7S2.3CH3.Sn/c1-17-13-14-21(29-17)22-15-16-23(31-22)26-25(20-11-7-4-8-12-20)33-28(34-26)27-30-18(2)24(32-27)19-9-5-3-6-10-19;19-15-13(11-7-3-1-4-8-11)21-17(23-15)18-22-14(16(20)24-18)12-9-5-2-6-10-12;1-7-4-5-9(11-7)8-3-2-6-10-8;;;;/h3-16H,1-2H3;1-10H;3-6H,1H3;3*1H3;/b28-27-;18-17+;;;;;. The summed E-state index contributed by atoms with van der Waals surface area (Å²) in [6, 6.07) is 58.9. The van der Waals surface area contributed by atoms with E-state index in [1.807, 2.05) is 139 Å².